The van der Waals surface area contributed by atoms with E-state index in [9.17, 15) is 18.5 Å². The van der Waals surface area contributed by atoms with Crippen molar-refractivity contribution in [3.63, 3.8) is 0 Å². The normalized spacial score (nSPS) is 11.4. The Morgan fingerprint density at radius 2 is 1.64 bits per heavy atom. The summed E-state index contributed by atoms with van der Waals surface area (Å²) >= 11 is 0. The summed E-state index contributed by atoms with van der Waals surface area (Å²) in [7, 11) is -3.81. The summed E-state index contributed by atoms with van der Waals surface area (Å²) < 4.78 is 32.5. The first-order valence-corrected chi connectivity index (χ1v) is 9.23. The summed E-state index contributed by atoms with van der Waals surface area (Å²) in [6.45, 7) is 5.77. The molecule has 0 spiro atoms. The van der Waals surface area contributed by atoms with E-state index in [1.54, 1.807) is 31.2 Å². The summed E-state index contributed by atoms with van der Waals surface area (Å²) in [5.74, 6) is 0.655. The highest BCUT2D eigenvalue weighted by Gasteiger charge is 2.24. The van der Waals surface area contributed by atoms with Gasteiger partial charge in [0.15, 0.2) is 0 Å². The largest absolute Gasteiger partial charge is 0.491 e. The Kier molecular flexibility index (Phi) is 5.63. The van der Waals surface area contributed by atoms with Gasteiger partial charge in [-0.3, -0.25) is 14.4 Å². The van der Waals surface area contributed by atoms with Crippen LogP contribution in [0.3, 0.4) is 0 Å². The van der Waals surface area contributed by atoms with Gasteiger partial charge in [-0.05, 0) is 57.2 Å². The fourth-order valence-corrected chi connectivity index (χ4v) is 3.80. The fraction of sp³-hybridized carbons (Fsp3) is 0.294. The number of benzene rings is 2. The number of hydrogen-bond donors (Lipinski definition) is 0. The molecule has 2 rings (SSSR count). The summed E-state index contributed by atoms with van der Waals surface area (Å²) in [4.78, 5) is 10.1. The zero-order valence-electron chi connectivity index (χ0n) is 14.2. The predicted octanol–water partition coefficient (Wildman–Crippen LogP) is 3.60. The maximum Gasteiger partial charge on any atom is 0.269 e. The molecule has 0 fully saturated rings. The molecule has 8 heteroatoms. The number of sulfonamides is 1. The molecule has 0 bridgehead atoms. The third kappa shape index (κ3) is 4.27. The number of anilines is 1. The highest BCUT2D eigenvalue weighted by molar-refractivity contribution is 7.92. The van der Waals surface area contributed by atoms with Crippen molar-refractivity contribution in [2.45, 2.75) is 31.8 Å². The molecule has 25 heavy (non-hydrogen) atoms. The standard InChI is InChI=1S/C17H20N2O5S/c1-4-18(14-5-9-16(10-6-14)24-13(2)3)25(22,23)17-11-7-15(8-12-17)19(20)21/h5-13H,4H2,1-3H3. The first kappa shape index (κ1) is 18.7. The number of nitro groups is 1. The molecule has 0 heterocycles. The van der Waals surface area contributed by atoms with E-state index < -0.39 is 14.9 Å². The molecule has 0 amide bonds. The lowest BCUT2D eigenvalue weighted by atomic mass is 10.3. The number of ether oxygens (including phenoxy) is 1. The van der Waals surface area contributed by atoms with Gasteiger partial charge in [0.25, 0.3) is 15.7 Å². The fourth-order valence-electron chi connectivity index (χ4n) is 2.32. The van der Waals surface area contributed by atoms with Gasteiger partial charge in [-0.2, -0.15) is 0 Å². The van der Waals surface area contributed by atoms with E-state index in [0.29, 0.717) is 11.4 Å². The van der Waals surface area contributed by atoms with Crippen LogP contribution in [0.15, 0.2) is 53.4 Å². The molecule has 0 aromatic heterocycles. The summed E-state index contributed by atoms with van der Waals surface area (Å²) in [6, 6.07) is 11.6. The zero-order chi connectivity index (χ0) is 18.6. The molecule has 0 saturated carbocycles. The number of rotatable bonds is 7. The first-order chi connectivity index (χ1) is 11.8. The Labute approximate surface area is 147 Å². The van der Waals surface area contributed by atoms with Gasteiger partial charge < -0.3 is 4.74 Å². The Hall–Kier alpha value is -2.61. The van der Waals surface area contributed by atoms with Crippen molar-refractivity contribution < 1.29 is 18.1 Å². The molecule has 0 N–H and O–H groups in total. The van der Waals surface area contributed by atoms with E-state index in [1.165, 1.54) is 28.6 Å². The topological polar surface area (TPSA) is 89.8 Å². The van der Waals surface area contributed by atoms with E-state index in [2.05, 4.69) is 0 Å². The lowest BCUT2D eigenvalue weighted by Crippen LogP contribution is -2.30. The second kappa shape index (κ2) is 7.52. The van der Waals surface area contributed by atoms with E-state index >= 15 is 0 Å². The molecular weight excluding hydrogens is 344 g/mol. The molecule has 134 valence electrons. The van der Waals surface area contributed by atoms with Crippen molar-refractivity contribution in [1.82, 2.24) is 0 Å². The third-order valence-electron chi connectivity index (χ3n) is 3.42. The minimum Gasteiger partial charge on any atom is -0.491 e. The lowest BCUT2D eigenvalue weighted by molar-refractivity contribution is -0.384. The van der Waals surface area contributed by atoms with Crippen LogP contribution in [-0.2, 0) is 10.0 Å². The molecule has 0 radical (unpaired) electrons. The average molecular weight is 364 g/mol. The average Bonchev–Trinajstić information content (AvgIpc) is 2.56. The first-order valence-electron chi connectivity index (χ1n) is 7.79. The number of non-ortho nitro benzene ring substituents is 1. The van der Waals surface area contributed by atoms with Crippen molar-refractivity contribution >= 4 is 21.4 Å². The van der Waals surface area contributed by atoms with Crippen molar-refractivity contribution in [1.29, 1.82) is 0 Å². The summed E-state index contributed by atoms with van der Waals surface area (Å²) in [5, 5.41) is 10.7. The van der Waals surface area contributed by atoms with Crippen LogP contribution in [-0.4, -0.2) is 26.0 Å². The number of nitro benzene ring substituents is 1. The molecule has 0 aliphatic heterocycles. The molecule has 0 aliphatic carbocycles. The van der Waals surface area contributed by atoms with Gasteiger partial charge in [0.05, 0.1) is 21.6 Å². The Morgan fingerprint density at radius 3 is 2.08 bits per heavy atom. The van der Waals surface area contributed by atoms with Crippen LogP contribution in [0.4, 0.5) is 11.4 Å². The molecule has 0 aliphatic rings. The van der Waals surface area contributed by atoms with E-state index in [0.717, 1.165) is 0 Å². The van der Waals surface area contributed by atoms with Crippen molar-refractivity contribution in [3.8, 4) is 5.75 Å². The van der Waals surface area contributed by atoms with Crippen LogP contribution in [0.25, 0.3) is 0 Å². The summed E-state index contributed by atoms with van der Waals surface area (Å²) in [6.07, 6.45) is 0.0250. The monoisotopic (exact) mass is 364 g/mol. The van der Waals surface area contributed by atoms with Gasteiger partial charge in [0.1, 0.15) is 5.75 Å². The molecule has 2 aromatic rings. The molecule has 2 aromatic carbocycles. The zero-order valence-corrected chi connectivity index (χ0v) is 15.1. The van der Waals surface area contributed by atoms with Crippen LogP contribution in [0, 0.1) is 10.1 Å². The third-order valence-corrected chi connectivity index (χ3v) is 5.34. The Balaban J connectivity index is 2.33. The van der Waals surface area contributed by atoms with Crippen molar-refractivity contribution in [3.05, 3.63) is 58.6 Å². The van der Waals surface area contributed by atoms with Gasteiger partial charge in [0, 0.05) is 18.7 Å². The van der Waals surface area contributed by atoms with E-state index in [1.807, 2.05) is 13.8 Å². The van der Waals surface area contributed by atoms with Crippen molar-refractivity contribution in [2.75, 3.05) is 10.8 Å². The lowest BCUT2D eigenvalue weighted by Gasteiger charge is -2.23. The van der Waals surface area contributed by atoms with Crippen LogP contribution in [0.5, 0.6) is 5.75 Å². The number of nitrogens with zero attached hydrogens (tertiary/aromatic N) is 2. The minimum absolute atomic E-state index is 0.00227. The molecule has 0 atom stereocenters. The highest BCUT2D eigenvalue weighted by atomic mass is 32.2. The smallest absolute Gasteiger partial charge is 0.269 e. The predicted molar refractivity (Wildman–Crippen MR) is 95.5 cm³/mol. The van der Waals surface area contributed by atoms with Gasteiger partial charge in [-0.15, -0.1) is 0 Å². The van der Waals surface area contributed by atoms with E-state index in [-0.39, 0.29) is 23.2 Å². The second-order valence-electron chi connectivity index (χ2n) is 5.58. The number of hydrogen-bond acceptors (Lipinski definition) is 5. The highest BCUT2D eigenvalue weighted by Crippen LogP contribution is 2.27. The quantitative estimate of drug-likeness (QED) is 0.553. The minimum atomic E-state index is -3.81. The maximum atomic E-state index is 12.8. The van der Waals surface area contributed by atoms with Crippen LogP contribution in [0.2, 0.25) is 0 Å². The van der Waals surface area contributed by atoms with Gasteiger partial charge in [-0.1, -0.05) is 0 Å². The molecule has 7 nitrogen and oxygen atoms in total. The van der Waals surface area contributed by atoms with Crippen LogP contribution < -0.4 is 9.04 Å². The van der Waals surface area contributed by atoms with Gasteiger partial charge in [-0.25, -0.2) is 8.42 Å². The van der Waals surface area contributed by atoms with Crippen LogP contribution >= 0.6 is 0 Å². The molecule has 0 saturated heterocycles. The molecular formula is C17H20N2O5S. The Bertz CT molecular complexity index is 830. The SMILES string of the molecule is CCN(c1ccc(OC(C)C)cc1)S(=O)(=O)c1ccc([N+](=O)[O-])cc1. The van der Waals surface area contributed by atoms with Crippen molar-refractivity contribution in [2.24, 2.45) is 0 Å². The molecule has 0 unspecified atom stereocenters. The van der Waals surface area contributed by atoms with Gasteiger partial charge >= 0.3 is 0 Å². The summed E-state index contributed by atoms with van der Waals surface area (Å²) in [5.41, 5.74) is 0.342. The second-order valence-corrected chi connectivity index (χ2v) is 7.44. The van der Waals surface area contributed by atoms with E-state index in [4.69, 9.17) is 4.74 Å². The maximum absolute atomic E-state index is 12.8. The Morgan fingerprint density at radius 1 is 1.08 bits per heavy atom. The van der Waals surface area contributed by atoms with Gasteiger partial charge in [0.2, 0.25) is 0 Å². The van der Waals surface area contributed by atoms with Crippen LogP contribution in [0.1, 0.15) is 20.8 Å².